The average Bonchev–Trinajstić information content (AvgIpc) is 2.89. The third-order valence-corrected chi connectivity index (χ3v) is 5.28. The van der Waals surface area contributed by atoms with Crippen molar-refractivity contribution in [2.45, 2.75) is 37.2 Å². The number of carboxylic acids is 1. The quantitative estimate of drug-likeness (QED) is 0.296. The van der Waals surface area contributed by atoms with Gasteiger partial charge in [-0.1, -0.05) is 24.9 Å². The first-order valence-electron chi connectivity index (χ1n) is 7.23. The number of thioether (sulfide) groups is 1. The number of carboxylic acid groups (broad SMARTS) is 1. The molecule has 2 aliphatic heterocycles. The first kappa shape index (κ1) is 17.9. The Labute approximate surface area is 144 Å². The highest BCUT2D eigenvalue weighted by Gasteiger charge is 2.56. The SMILES string of the molecule is C=C(CCC1=NC2C(=O)N(C(C(=C)CCl)C(=O)O)C2S1)OCC. The van der Waals surface area contributed by atoms with E-state index in [1.54, 1.807) is 0 Å². The molecule has 126 valence electrons. The van der Waals surface area contributed by atoms with E-state index in [-0.39, 0.29) is 17.2 Å². The van der Waals surface area contributed by atoms with Gasteiger partial charge in [0.1, 0.15) is 5.37 Å². The lowest BCUT2D eigenvalue weighted by Crippen LogP contribution is -2.66. The van der Waals surface area contributed by atoms with E-state index in [0.717, 1.165) is 5.04 Å². The van der Waals surface area contributed by atoms with Crippen LogP contribution in [0.3, 0.4) is 0 Å². The van der Waals surface area contributed by atoms with Crippen LogP contribution in [0.15, 0.2) is 29.5 Å². The van der Waals surface area contributed by atoms with Crippen LogP contribution >= 0.6 is 23.4 Å². The molecule has 0 radical (unpaired) electrons. The van der Waals surface area contributed by atoms with Gasteiger partial charge < -0.3 is 14.7 Å². The van der Waals surface area contributed by atoms with Crippen molar-refractivity contribution in [2.24, 2.45) is 4.99 Å². The summed E-state index contributed by atoms with van der Waals surface area (Å²) in [5.74, 6) is -0.747. The smallest absolute Gasteiger partial charge is 0.330 e. The van der Waals surface area contributed by atoms with E-state index in [0.29, 0.717) is 30.8 Å². The van der Waals surface area contributed by atoms with Crippen molar-refractivity contribution in [1.29, 1.82) is 0 Å². The van der Waals surface area contributed by atoms with Crippen LogP contribution in [0.2, 0.25) is 0 Å². The summed E-state index contributed by atoms with van der Waals surface area (Å²) in [5, 5.41) is 9.89. The molecule has 1 amide bonds. The Bertz CT molecular complexity index is 578. The van der Waals surface area contributed by atoms with Gasteiger partial charge in [0.25, 0.3) is 5.91 Å². The van der Waals surface area contributed by atoms with Crippen LogP contribution in [-0.4, -0.2) is 56.9 Å². The van der Waals surface area contributed by atoms with Gasteiger partial charge in [-0.3, -0.25) is 9.79 Å². The number of ether oxygens (including phenoxy) is 1. The fourth-order valence-electron chi connectivity index (χ4n) is 2.52. The van der Waals surface area contributed by atoms with Crippen LogP contribution in [0.5, 0.6) is 0 Å². The molecule has 8 heteroatoms. The number of nitrogens with zero attached hydrogens (tertiary/aromatic N) is 2. The number of amides is 1. The number of rotatable bonds is 9. The number of hydrogen-bond acceptors (Lipinski definition) is 5. The van der Waals surface area contributed by atoms with E-state index in [1.165, 1.54) is 16.7 Å². The highest BCUT2D eigenvalue weighted by atomic mass is 35.5. The fraction of sp³-hybridized carbons (Fsp3) is 0.533. The second kappa shape index (κ2) is 7.40. The molecule has 2 heterocycles. The molecule has 3 atom stereocenters. The zero-order valence-electron chi connectivity index (χ0n) is 12.8. The van der Waals surface area contributed by atoms with Crippen molar-refractivity contribution < 1.29 is 19.4 Å². The molecule has 2 aliphatic rings. The van der Waals surface area contributed by atoms with E-state index in [4.69, 9.17) is 16.3 Å². The number of carbonyl (C=O) groups is 2. The van der Waals surface area contributed by atoms with Crippen molar-refractivity contribution in [1.82, 2.24) is 4.90 Å². The van der Waals surface area contributed by atoms with Crippen LogP contribution < -0.4 is 0 Å². The highest BCUT2D eigenvalue weighted by Crippen LogP contribution is 2.42. The van der Waals surface area contributed by atoms with Crippen molar-refractivity contribution in [3.8, 4) is 0 Å². The van der Waals surface area contributed by atoms with Gasteiger partial charge in [-0.2, -0.15) is 0 Å². The van der Waals surface area contributed by atoms with Crippen molar-refractivity contribution in [2.75, 3.05) is 12.5 Å². The fourth-order valence-corrected chi connectivity index (χ4v) is 3.98. The molecule has 0 aromatic rings. The number of halogens is 1. The predicted molar refractivity (Wildman–Crippen MR) is 90.7 cm³/mol. The van der Waals surface area contributed by atoms with Gasteiger partial charge in [-0.25, -0.2) is 4.79 Å². The Morgan fingerprint density at radius 2 is 2.26 bits per heavy atom. The first-order chi connectivity index (χ1) is 10.9. The molecule has 2 rings (SSSR count). The van der Waals surface area contributed by atoms with E-state index in [1.807, 2.05) is 6.92 Å². The molecule has 1 N–H and O–H groups in total. The average molecular weight is 359 g/mol. The molecule has 0 spiro atoms. The first-order valence-corrected chi connectivity index (χ1v) is 8.64. The number of likely N-dealkylation sites (tertiary alicyclic amines) is 1. The molecule has 0 bridgehead atoms. The third kappa shape index (κ3) is 3.55. The van der Waals surface area contributed by atoms with Crippen molar-refractivity contribution in [3.05, 3.63) is 24.5 Å². The van der Waals surface area contributed by atoms with E-state index >= 15 is 0 Å². The Kier molecular flexibility index (Phi) is 5.75. The number of allylic oxidation sites excluding steroid dienone is 1. The number of hydrogen-bond donors (Lipinski definition) is 1. The summed E-state index contributed by atoms with van der Waals surface area (Å²) in [7, 11) is 0. The maximum absolute atomic E-state index is 12.2. The summed E-state index contributed by atoms with van der Waals surface area (Å²) >= 11 is 7.11. The standard InChI is InChI=1S/C15H19ClN2O4S/c1-4-22-9(3)5-6-10-17-11-13(19)18(14(11)23-10)12(15(20)21)8(2)7-16/h11-12,14H,2-7H2,1H3,(H,20,21). The molecule has 0 aliphatic carbocycles. The summed E-state index contributed by atoms with van der Waals surface area (Å²) in [6.45, 7) is 9.93. The van der Waals surface area contributed by atoms with Crippen LogP contribution in [-0.2, 0) is 14.3 Å². The van der Waals surface area contributed by atoms with Gasteiger partial charge in [-0.05, 0) is 12.5 Å². The van der Waals surface area contributed by atoms with Gasteiger partial charge in [0.05, 0.1) is 17.4 Å². The highest BCUT2D eigenvalue weighted by molar-refractivity contribution is 8.14. The van der Waals surface area contributed by atoms with Crippen LogP contribution in [0, 0.1) is 0 Å². The molecule has 23 heavy (non-hydrogen) atoms. The minimum atomic E-state index is -1.12. The normalized spacial score (nSPS) is 23.7. The predicted octanol–water partition coefficient (Wildman–Crippen LogP) is 2.25. The monoisotopic (exact) mass is 358 g/mol. The van der Waals surface area contributed by atoms with Crippen molar-refractivity contribution >= 4 is 40.3 Å². The summed E-state index contributed by atoms with van der Waals surface area (Å²) in [5.41, 5.74) is 0.296. The van der Waals surface area contributed by atoms with Crippen LogP contribution in [0.1, 0.15) is 19.8 Å². The Morgan fingerprint density at radius 1 is 1.57 bits per heavy atom. The Balaban J connectivity index is 1.99. The van der Waals surface area contributed by atoms with E-state index in [2.05, 4.69) is 18.2 Å². The number of fused-ring (bicyclic) bond motifs is 1. The lowest BCUT2D eigenvalue weighted by atomic mass is 10.00. The number of aliphatic imine (C=N–C) groups is 1. The lowest BCUT2D eigenvalue weighted by Gasteiger charge is -2.44. The largest absolute Gasteiger partial charge is 0.499 e. The molecular formula is C15H19ClN2O4S. The molecule has 1 saturated heterocycles. The van der Waals surface area contributed by atoms with Gasteiger partial charge in [0.2, 0.25) is 0 Å². The number of β-lactam (4-membered cyclic amide) rings is 1. The molecule has 0 aromatic heterocycles. The van der Waals surface area contributed by atoms with Crippen LogP contribution in [0.4, 0.5) is 0 Å². The summed E-state index contributed by atoms with van der Waals surface area (Å²) in [6.07, 6.45) is 1.26. The number of carbonyl (C=O) groups excluding carboxylic acids is 1. The molecular weight excluding hydrogens is 340 g/mol. The molecule has 0 aromatic carbocycles. The molecule has 0 saturated carbocycles. The van der Waals surface area contributed by atoms with E-state index < -0.39 is 18.1 Å². The number of alkyl halides is 1. The zero-order valence-corrected chi connectivity index (χ0v) is 14.4. The second-order valence-corrected chi connectivity index (χ2v) is 6.68. The maximum Gasteiger partial charge on any atom is 0.330 e. The van der Waals surface area contributed by atoms with Gasteiger partial charge in [0, 0.05) is 18.7 Å². The summed E-state index contributed by atoms with van der Waals surface area (Å²) in [4.78, 5) is 29.4. The van der Waals surface area contributed by atoms with E-state index in [9.17, 15) is 14.7 Å². The Morgan fingerprint density at radius 3 is 2.83 bits per heavy atom. The number of aliphatic carboxylic acids is 1. The minimum absolute atomic E-state index is 0.00923. The van der Waals surface area contributed by atoms with Crippen molar-refractivity contribution in [3.63, 3.8) is 0 Å². The molecule has 6 nitrogen and oxygen atoms in total. The third-order valence-electron chi connectivity index (χ3n) is 3.63. The summed E-state index contributed by atoms with van der Waals surface area (Å²) < 4.78 is 5.29. The Hall–Kier alpha value is -1.47. The van der Waals surface area contributed by atoms with Gasteiger partial charge in [-0.15, -0.1) is 11.6 Å². The van der Waals surface area contributed by atoms with Gasteiger partial charge >= 0.3 is 5.97 Å². The lowest BCUT2D eigenvalue weighted by molar-refractivity contribution is -0.157. The minimum Gasteiger partial charge on any atom is -0.499 e. The van der Waals surface area contributed by atoms with Gasteiger partial charge in [0.15, 0.2) is 12.1 Å². The molecule has 1 fully saturated rings. The topological polar surface area (TPSA) is 79.2 Å². The second-order valence-electron chi connectivity index (χ2n) is 5.23. The summed E-state index contributed by atoms with van der Waals surface area (Å²) in [6, 6.07) is -1.60. The zero-order chi connectivity index (χ0) is 17.1. The molecule has 3 unspecified atom stereocenters. The maximum atomic E-state index is 12.2. The van der Waals surface area contributed by atoms with Crippen LogP contribution in [0.25, 0.3) is 0 Å².